The molecule has 1 aliphatic carbocycles. The van der Waals surface area contributed by atoms with Crippen LogP contribution in [0, 0.1) is 12.8 Å². The van der Waals surface area contributed by atoms with Gasteiger partial charge in [0.25, 0.3) is 0 Å². The van der Waals surface area contributed by atoms with Gasteiger partial charge in [0.15, 0.2) is 0 Å². The normalized spacial score (nSPS) is 24.1. The maximum absolute atomic E-state index is 12.8. The van der Waals surface area contributed by atoms with Crippen molar-refractivity contribution in [1.29, 1.82) is 0 Å². The maximum atomic E-state index is 12.8. The van der Waals surface area contributed by atoms with Gasteiger partial charge in [0.05, 0.1) is 4.90 Å². The third kappa shape index (κ3) is 3.10. The van der Waals surface area contributed by atoms with Crippen LogP contribution in [0.4, 0.5) is 0 Å². The summed E-state index contributed by atoms with van der Waals surface area (Å²) in [6, 6.07) is 5.50. The van der Waals surface area contributed by atoms with Gasteiger partial charge >= 0.3 is 0 Å². The molecule has 1 aliphatic rings. The highest BCUT2D eigenvalue weighted by molar-refractivity contribution is 9.10. The first kappa shape index (κ1) is 16.0. The molecule has 1 aromatic carbocycles. The Kier molecular flexibility index (Phi) is 4.92. The number of aryl methyl sites for hydroxylation is 1. The third-order valence-electron chi connectivity index (χ3n) is 4.28. The second-order valence-electron chi connectivity index (χ2n) is 5.78. The van der Waals surface area contributed by atoms with E-state index in [0.29, 0.717) is 15.3 Å². The Labute approximate surface area is 130 Å². The van der Waals surface area contributed by atoms with Crippen molar-refractivity contribution >= 4 is 26.0 Å². The number of rotatable bonds is 3. The van der Waals surface area contributed by atoms with Gasteiger partial charge in [-0.1, -0.05) is 25.8 Å². The molecule has 20 heavy (non-hydrogen) atoms. The average molecular weight is 360 g/mol. The molecule has 0 unspecified atom stereocenters. The van der Waals surface area contributed by atoms with Crippen LogP contribution in [0.25, 0.3) is 0 Å². The summed E-state index contributed by atoms with van der Waals surface area (Å²) in [5.41, 5.74) is 1.05. The van der Waals surface area contributed by atoms with Crippen molar-refractivity contribution in [3.8, 4) is 0 Å². The SMILES string of the molecule is Cc1ccc(S(=O)(=O)N(C)[C@@H]2CCCC[C@H]2C)c(Br)c1. The summed E-state index contributed by atoms with van der Waals surface area (Å²) in [4.78, 5) is 0.364. The molecule has 1 aromatic rings. The molecule has 1 saturated carbocycles. The molecule has 2 rings (SSSR count). The minimum Gasteiger partial charge on any atom is -0.207 e. The lowest BCUT2D eigenvalue weighted by atomic mass is 9.86. The van der Waals surface area contributed by atoms with E-state index >= 15 is 0 Å². The quantitative estimate of drug-likeness (QED) is 0.818. The van der Waals surface area contributed by atoms with Gasteiger partial charge in [0.1, 0.15) is 0 Å². The number of hydrogen-bond donors (Lipinski definition) is 0. The summed E-state index contributed by atoms with van der Waals surface area (Å²) in [5.74, 6) is 0.424. The van der Waals surface area contributed by atoms with Crippen molar-refractivity contribution in [2.24, 2.45) is 5.92 Å². The number of halogens is 1. The van der Waals surface area contributed by atoms with Crippen LogP contribution in [0.5, 0.6) is 0 Å². The number of hydrogen-bond acceptors (Lipinski definition) is 2. The second kappa shape index (κ2) is 6.16. The summed E-state index contributed by atoms with van der Waals surface area (Å²) < 4.78 is 27.8. The van der Waals surface area contributed by atoms with Gasteiger partial charge in [-0.3, -0.25) is 0 Å². The molecule has 2 atom stereocenters. The Morgan fingerprint density at radius 3 is 2.50 bits per heavy atom. The lowest BCUT2D eigenvalue weighted by Crippen LogP contribution is -2.42. The fraction of sp³-hybridized carbons (Fsp3) is 0.600. The lowest BCUT2D eigenvalue weighted by Gasteiger charge is -2.35. The minimum atomic E-state index is -3.43. The van der Waals surface area contributed by atoms with Gasteiger partial charge in [-0.15, -0.1) is 0 Å². The van der Waals surface area contributed by atoms with Crippen LogP contribution in [-0.4, -0.2) is 25.8 Å². The van der Waals surface area contributed by atoms with E-state index in [9.17, 15) is 8.42 Å². The van der Waals surface area contributed by atoms with Gasteiger partial charge in [-0.25, -0.2) is 8.42 Å². The fourth-order valence-corrected chi connectivity index (χ4v) is 5.62. The summed E-state index contributed by atoms with van der Waals surface area (Å²) in [6.45, 7) is 4.11. The predicted octanol–water partition coefficient (Wildman–Crippen LogP) is 3.96. The maximum Gasteiger partial charge on any atom is 0.244 e. The summed E-state index contributed by atoms with van der Waals surface area (Å²) in [7, 11) is -1.72. The molecule has 1 fully saturated rings. The van der Waals surface area contributed by atoms with E-state index in [2.05, 4.69) is 22.9 Å². The van der Waals surface area contributed by atoms with Crippen LogP contribution in [0.2, 0.25) is 0 Å². The largest absolute Gasteiger partial charge is 0.244 e. The average Bonchev–Trinajstić information content (AvgIpc) is 2.38. The van der Waals surface area contributed by atoms with Crippen molar-refractivity contribution in [2.75, 3.05) is 7.05 Å². The molecule has 0 aromatic heterocycles. The van der Waals surface area contributed by atoms with Crippen LogP contribution in [0.1, 0.15) is 38.2 Å². The Balaban J connectivity index is 2.33. The molecule has 0 bridgehead atoms. The van der Waals surface area contributed by atoms with E-state index in [4.69, 9.17) is 0 Å². The highest BCUT2D eigenvalue weighted by atomic mass is 79.9. The topological polar surface area (TPSA) is 37.4 Å². The summed E-state index contributed by atoms with van der Waals surface area (Å²) >= 11 is 3.38. The number of nitrogens with zero attached hydrogens (tertiary/aromatic N) is 1. The Hall–Kier alpha value is -0.390. The second-order valence-corrected chi connectivity index (χ2v) is 8.60. The molecule has 3 nitrogen and oxygen atoms in total. The molecule has 0 aliphatic heterocycles. The van der Waals surface area contributed by atoms with Crippen molar-refractivity contribution in [2.45, 2.75) is 50.5 Å². The zero-order valence-corrected chi connectivity index (χ0v) is 14.7. The van der Waals surface area contributed by atoms with E-state index in [-0.39, 0.29) is 6.04 Å². The molecule has 0 amide bonds. The first-order chi connectivity index (χ1) is 9.34. The predicted molar refractivity (Wildman–Crippen MR) is 85.2 cm³/mol. The van der Waals surface area contributed by atoms with Crippen molar-refractivity contribution in [3.63, 3.8) is 0 Å². The molecule has 112 valence electrons. The molecule has 0 radical (unpaired) electrons. The zero-order valence-electron chi connectivity index (χ0n) is 12.3. The van der Waals surface area contributed by atoms with Crippen molar-refractivity contribution in [3.05, 3.63) is 28.2 Å². The van der Waals surface area contributed by atoms with Gasteiger partial charge in [0, 0.05) is 17.6 Å². The summed E-state index contributed by atoms with van der Waals surface area (Å²) in [5, 5.41) is 0. The first-order valence-corrected chi connectivity index (χ1v) is 9.31. The van der Waals surface area contributed by atoms with Crippen LogP contribution in [0.15, 0.2) is 27.6 Å². The molecule has 0 spiro atoms. The van der Waals surface area contributed by atoms with E-state index in [0.717, 1.165) is 24.8 Å². The van der Waals surface area contributed by atoms with Gasteiger partial charge in [-0.2, -0.15) is 4.31 Å². The van der Waals surface area contributed by atoms with E-state index in [1.54, 1.807) is 17.4 Å². The lowest BCUT2D eigenvalue weighted by molar-refractivity contribution is 0.213. The molecule has 5 heteroatoms. The smallest absolute Gasteiger partial charge is 0.207 e. The van der Waals surface area contributed by atoms with Crippen LogP contribution in [-0.2, 0) is 10.0 Å². The molecular formula is C15H22BrNO2S. The molecule has 0 N–H and O–H groups in total. The molecular weight excluding hydrogens is 338 g/mol. The fourth-order valence-electron chi connectivity index (χ4n) is 2.99. The number of benzene rings is 1. The van der Waals surface area contributed by atoms with E-state index in [1.165, 1.54) is 6.42 Å². The van der Waals surface area contributed by atoms with Crippen LogP contribution >= 0.6 is 15.9 Å². The number of sulfonamides is 1. The van der Waals surface area contributed by atoms with E-state index in [1.807, 2.05) is 19.1 Å². The summed E-state index contributed by atoms with van der Waals surface area (Å²) in [6.07, 6.45) is 4.39. The molecule has 0 saturated heterocycles. The van der Waals surface area contributed by atoms with Gasteiger partial charge in [-0.05, 0) is 59.3 Å². The highest BCUT2D eigenvalue weighted by Gasteiger charge is 2.33. The Morgan fingerprint density at radius 2 is 1.90 bits per heavy atom. The zero-order chi connectivity index (χ0) is 14.9. The Bertz CT molecular complexity index is 586. The van der Waals surface area contributed by atoms with Crippen molar-refractivity contribution in [1.82, 2.24) is 4.31 Å². The van der Waals surface area contributed by atoms with Crippen LogP contribution < -0.4 is 0 Å². The van der Waals surface area contributed by atoms with Gasteiger partial charge < -0.3 is 0 Å². The van der Waals surface area contributed by atoms with Crippen LogP contribution in [0.3, 0.4) is 0 Å². The standard InChI is InChI=1S/C15H22BrNO2S/c1-11-8-9-15(13(16)10-11)20(18,19)17(3)14-7-5-4-6-12(14)2/h8-10,12,14H,4-7H2,1-3H3/t12-,14-/m1/s1. The first-order valence-electron chi connectivity index (χ1n) is 7.08. The third-order valence-corrected chi connectivity index (χ3v) is 7.14. The minimum absolute atomic E-state index is 0.113. The van der Waals surface area contributed by atoms with Gasteiger partial charge in [0.2, 0.25) is 10.0 Å². The van der Waals surface area contributed by atoms with E-state index < -0.39 is 10.0 Å². The molecule has 0 heterocycles. The highest BCUT2D eigenvalue weighted by Crippen LogP contribution is 2.32. The Morgan fingerprint density at radius 1 is 1.25 bits per heavy atom. The monoisotopic (exact) mass is 359 g/mol. The van der Waals surface area contributed by atoms with Crippen molar-refractivity contribution < 1.29 is 8.42 Å².